The predicted octanol–water partition coefficient (Wildman–Crippen LogP) is 4.51. The van der Waals surface area contributed by atoms with Gasteiger partial charge < -0.3 is 4.55 Å². The van der Waals surface area contributed by atoms with E-state index in [0.717, 1.165) is 20.5 Å². The Morgan fingerprint density at radius 2 is 1.94 bits per heavy atom. The van der Waals surface area contributed by atoms with Gasteiger partial charge in [0.1, 0.15) is 6.26 Å². The largest absolute Gasteiger partial charge is 0.612 e. The van der Waals surface area contributed by atoms with E-state index in [0.29, 0.717) is 5.02 Å². The lowest BCUT2D eigenvalue weighted by Crippen LogP contribution is -1.99. The quantitative estimate of drug-likeness (QED) is 0.744. The molecule has 0 radical (unpaired) electrons. The van der Waals surface area contributed by atoms with Crippen LogP contribution in [0.2, 0.25) is 5.02 Å². The molecule has 0 saturated carbocycles. The van der Waals surface area contributed by atoms with E-state index in [9.17, 15) is 4.55 Å². The highest BCUT2D eigenvalue weighted by Crippen LogP contribution is 2.31. The normalized spacial score (nSPS) is 12.5. The highest BCUT2D eigenvalue weighted by Gasteiger charge is 2.13. The highest BCUT2D eigenvalue weighted by atomic mass is 79.9. The second-order valence-corrected chi connectivity index (χ2v) is 6.31. The lowest BCUT2D eigenvalue weighted by Gasteiger charge is -2.11. The van der Waals surface area contributed by atoms with E-state index in [2.05, 4.69) is 15.9 Å². The molecule has 0 N–H and O–H groups in total. The van der Waals surface area contributed by atoms with Crippen LogP contribution in [0.4, 0.5) is 0 Å². The zero-order chi connectivity index (χ0) is 12.4. The van der Waals surface area contributed by atoms with Crippen molar-refractivity contribution in [2.75, 3.05) is 6.26 Å². The van der Waals surface area contributed by atoms with Crippen LogP contribution in [0.25, 0.3) is 11.1 Å². The van der Waals surface area contributed by atoms with Gasteiger partial charge in [0.2, 0.25) is 0 Å². The fourth-order valence-electron chi connectivity index (χ4n) is 1.63. The molecule has 2 aromatic carbocycles. The molecule has 0 aliphatic carbocycles. The van der Waals surface area contributed by atoms with Crippen LogP contribution in [0.15, 0.2) is 51.8 Å². The lowest BCUT2D eigenvalue weighted by molar-refractivity contribution is 0.601. The van der Waals surface area contributed by atoms with Crippen molar-refractivity contribution in [1.82, 2.24) is 0 Å². The molecule has 2 rings (SSSR count). The molecule has 0 aliphatic heterocycles. The summed E-state index contributed by atoms with van der Waals surface area (Å²) >= 11 is 8.39. The van der Waals surface area contributed by atoms with Gasteiger partial charge in [-0.1, -0.05) is 39.7 Å². The van der Waals surface area contributed by atoms with Gasteiger partial charge in [-0.05, 0) is 47.1 Å². The van der Waals surface area contributed by atoms with E-state index in [1.807, 2.05) is 42.5 Å². The van der Waals surface area contributed by atoms with Crippen LogP contribution in [0.5, 0.6) is 0 Å². The molecule has 4 heteroatoms. The van der Waals surface area contributed by atoms with Crippen molar-refractivity contribution in [3.8, 4) is 11.1 Å². The SMILES string of the molecule is C[S+]([O-])c1ccc(Br)cc1-c1cccc(Cl)c1. The maximum Gasteiger partial charge on any atom is 0.160 e. The monoisotopic (exact) mass is 328 g/mol. The molecule has 2 aromatic rings. The average Bonchev–Trinajstić information content (AvgIpc) is 2.28. The van der Waals surface area contributed by atoms with E-state index in [-0.39, 0.29) is 0 Å². The summed E-state index contributed by atoms with van der Waals surface area (Å²) < 4.78 is 12.7. The first-order valence-corrected chi connectivity index (χ1v) is 7.70. The van der Waals surface area contributed by atoms with Crippen molar-refractivity contribution < 1.29 is 4.55 Å². The molecule has 1 atom stereocenters. The predicted molar refractivity (Wildman–Crippen MR) is 76.9 cm³/mol. The molecule has 0 amide bonds. The van der Waals surface area contributed by atoms with E-state index in [4.69, 9.17) is 11.6 Å². The Morgan fingerprint density at radius 1 is 1.18 bits per heavy atom. The summed E-state index contributed by atoms with van der Waals surface area (Å²) in [5, 5.41) is 0.676. The molecular formula is C13H10BrClOS. The van der Waals surface area contributed by atoms with Crippen molar-refractivity contribution in [3.05, 3.63) is 52.0 Å². The Kier molecular flexibility index (Phi) is 4.15. The van der Waals surface area contributed by atoms with E-state index >= 15 is 0 Å². The van der Waals surface area contributed by atoms with E-state index < -0.39 is 11.2 Å². The minimum atomic E-state index is -1.02. The number of rotatable bonds is 2. The van der Waals surface area contributed by atoms with Gasteiger partial charge in [-0.15, -0.1) is 0 Å². The van der Waals surface area contributed by atoms with Crippen LogP contribution >= 0.6 is 27.5 Å². The molecule has 0 saturated heterocycles. The van der Waals surface area contributed by atoms with Gasteiger partial charge >= 0.3 is 0 Å². The Balaban J connectivity index is 2.61. The molecular weight excluding hydrogens is 320 g/mol. The third kappa shape index (κ3) is 3.05. The molecule has 0 fully saturated rings. The maximum atomic E-state index is 11.7. The van der Waals surface area contributed by atoms with Crippen molar-refractivity contribution in [2.45, 2.75) is 4.90 Å². The second kappa shape index (κ2) is 5.44. The molecule has 88 valence electrons. The summed E-state index contributed by atoms with van der Waals surface area (Å²) in [4.78, 5) is 0.815. The summed E-state index contributed by atoms with van der Waals surface area (Å²) in [6.07, 6.45) is 1.68. The minimum absolute atomic E-state index is 0.676. The smallest absolute Gasteiger partial charge is 0.160 e. The molecule has 0 bridgehead atoms. The van der Waals surface area contributed by atoms with Crippen molar-refractivity contribution in [2.24, 2.45) is 0 Å². The van der Waals surface area contributed by atoms with Crippen LogP contribution in [0, 0.1) is 0 Å². The first kappa shape index (κ1) is 13.0. The number of hydrogen-bond acceptors (Lipinski definition) is 1. The minimum Gasteiger partial charge on any atom is -0.612 e. The number of halogens is 2. The number of hydrogen-bond donors (Lipinski definition) is 0. The number of benzene rings is 2. The van der Waals surface area contributed by atoms with Gasteiger partial charge in [-0.2, -0.15) is 0 Å². The van der Waals surface area contributed by atoms with Crippen LogP contribution in [-0.4, -0.2) is 10.8 Å². The molecule has 0 spiro atoms. The van der Waals surface area contributed by atoms with Gasteiger partial charge in [0.05, 0.1) is 0 Å². The molecule has 17 heavy (non-hydrogen) atoms. The summed E-state index contributed by atoms with van der Waals surface area (Å²) in [5.41, 5.74) is 1.92. The van der Waals surface area contributed by atoms with Gasteiger partial charge in [-0.25, -0.2) is 0 Å². The van der Waals surface area contributed by atoms with E-state index in [1.54, 1.807) is 6.26 Å². The van der Waals surface area contributed by atoms with Crippen molar-refractivity contribution in [1.29, 1.82) is 0 Å². The van der Waals surface area contributed by atoms with Gasteiger partial charge in [-0.3, -0.25) is 0 Å². The molecule has 0 aliphatic rings. The Bertz CT molecular complexity index is 543. The third-order valence-corrected chi connectivity index (χ3v) is 4.09. The van der Waals surface area contributed by atoms with Crippen LogP contribution in [-0.2, 0) is 11.2 Å². The Labute approximate surface area is 117 Å². The second-order valence-electron chi connectivity index (χ2n) is 3.60. The average molecular weight is 330 g/mol. The first-order valence-electron chi connectivity index (χ1n) is 4.97. The zero-order valence-electron chi connectivity index (χ0n) is 9.11. The fourth-order valence-corrected chi connectivity index (χ4v) is 2.93. The van der Waals surface area contributed by atoms with Gasteiger partial charge in [0.25, 0.3) is 0 Å². The maximum absolute atomic E-state index is 11.7. The zero-order valence-corrected chi connectivity index (χ0v) is 12.3. The van der Waals surface area contributed by atoms with Crippen LogP contribution in [0.1, 0.15) is 0 Å². The van der Waals surface area contributed by atoms with E-state index in [1.165, 1.54) is 0 Å². The topological polar surface area (TPSA) is 23.1 Å². The molecule has 0 aromatic heterocycles. The lowest BCUT2D eigenvalue weighted by atomic mass is 10.1. The Hall–Kier alpha value is -0.480. The summed E-state index contributed by atoms with van der Waals surface area (Å²) in [6, 6.07) is 13.3. The standard InChI is InChI=1S/C13H10BrClOS/c1-17(16)13-6-5-10(14)8-12(13)9-3-2-4-11(15)7-9/h2-8H,1H3. The first-order chi connectivity index (χ1) is 8.08. The van der Waals surface area contributed by atoms with Gasteiger partial charge in [0.15, 0.2) is 4.90 Å². The van der Waals surface area contributed by atoms with Crippen LogP contribution < -0.4 is 0 Å². The highest BCUT2D eigenvalue weighted by molar-refractivity contribution is 9.10. The fraction of sp³-hybridized carbons (Fsp3) is 0.0769. The molecule has 1 unspecified atom stereocenters. The van der Waals surface area contributed by atoms with Crippen LogP contribution in [0.3, 0.4) is 0 Å². The summed E-state index contributed by atoms with van der Waals surface area (Å²) in [7, 11) is 0. The van der Waals surface area contributed by atoms with Crippen molar-refractivity contribution in [3.63, 3.8) is 0 Å². The molecule has 1 nitrogen and oxygen atoms in total. The molecule has 0 heterocycles. The third-order valence-electron chi connectivity index (χ3n) is 2.39. The summed E-state index contributed by atoms with van der Waals surface area (Å²) in [6.45, 7) is 0. The van der Waals surface area contributed by atoms with Gasteiger partial charge in [0, 0.05) is 15.1 Å². The van der Waals surface area contributed by atoms with Crippen molar-refractivity contribution >= 4 is 38.7 Å². The summed E-state index contributed by atoms with van der Waals surface area (Å²) in [5.74, 6) is 0. The Morgan fingerprint density at radius 3 is 2.59 bits per heavy atom.